The Bertz CT molecular complexity index is 426. The first-order chi connectivity index (χ1) is 10.6. The number of rotatable bonds is 3. The zero-order valence-corrected chi connectivity index (χ0v) is 14.4. The Hall–Kier alpha value is -1.84. The van der Waals surface area contributed by atoms with Crippen LogP contribution in [0.4, 0.5) is 5.69 Å². The molecule has 0 radical (unpaired) electrons. The van der Waals surface area contributed by atoms with E-state index < -0.39 is 0 Å². The summed E-state index contributed by atoms with van der Waals surface area (Å²) in [6, 6.07) is 16.4. The monoisotopic (exact) mass is 303 g/mol. The molecule has 0 heterocycles. The molecule has 0 saturated carbocycles. The van der Waals surface area contributed by atoms with Crippen LogP contribution in [0.5, 0.6) is 0 Å². The summed E-state index contributed by atoms with van der Waals surface area (Å²) in [5.41, 5.74) is 10.2. The van der Waals surface area contributed by atoms with E-state index in [4.69, 9.17) is 5.73 Å². The first-order valence-electron chi connectivity index (χ1n) is 7.49. The molecule has 22 heavy (non-hydrogen) atoms. The second kappa shape index (κ2) is 12.9. The van der Waals surface area contributed by atoms with Crippen LogP contribution in [-0.4, -0.2) is 27.4 Å². The molecular formula is C19H29NO2. The molecule has 2 aromatic rings. The van der Waals surface area contributed by atoms with Crippen molar-refractivity contribution in [3.63, 3.8) is 0 Å². The summed E-state index contributed by atoms with van der Waals surface area (Å²) >= 11 is 0. The molecule has 0 aliphatic carbocycles. The van der Waals surface area contributed by atoms with Gasteiger partial charge in [0.25, 0.3) is 0 Å². The maximum Gasteiger partial charge on any atom is 0.0433 e. The van der Waals surface area contributed by atoms with E-state index in [2.05, 4.69) is 40.7 Å². The lowest BCUT2D eigenvalue weighted by Gasteiger charge is -2.02. The average molecular weight is 303 g/mol. The van der Waals surface area contributed by atoms with Gasteiger partial charge in [-0.25, -0.2) is 0 Å². The molecule has 0 atom stereocenters. The number of nitrogen functional groups attached to an aromatic ring is 1. The molecule has 3 heteroatoms. The summed E-state index contributed by atoms with van der Waals surface area (Å²) in [7, 11) is 3.36. The average Bonchev–Trinajstić information content (AvgIpc) is 2.57. The SMILES string of the molecule is CCOC.CCOC.Cc1ccc(-c2ccc(N)cc2)cc1. The number of hydrogen-bond acceptors (Lipinski definition) is 3. The summed E-state index contributed by atoms with van der Waals surface area (Å²) in [5, 5.41) is 0. The molecule has 0 amide bonds. The van der Waals surface area contributed by atoms with E-state index >= 15 is 0 Å². The second-order valence-electron chi connectivity index (χ2n) is 4.64. The van der Waals surface area contributed by atoms with Gasteiger partial charge in [-0.3, -0.25) is 0 Å². The first-order valence-corrected chi connectivity index (χ1v) is 7.49. The van der Waals surface area contributed by atoms with Gasteiger partial charge in [0.05, 0.1) is 0 Å². The van der Waals surface area contributed by atoms with Crippen LogP contribution in [0.1, 0.15) is 19.4 Å². The van der Waals surface area contributed by atoms with Crippen LogP contribution in [0.2, 0.25) is 0 Å². The molecule has 2 N–H and O–H groups in total. The summed E-state index contributed by atoms with van der Waals surface area (Å²) in [6.07, 6.45) is 0. The van der Waals surface area contributed by atoms with Gasteiger partial charge in [0.15, 0.2) is 0 Å². The Balaban J connectivity index is 0.000000464. The van der Waals surface area contributed by atoms with Gasteiger partial charge in [0.1, 0.15) is 0 Å². The Kier molecular flexibility index (Phi) is 11.8. The predicted molar refractivity (Wildman–Crippen MR) is 96.1 cm³/mol. The fourth-order valence-corrected chi connectivity index (χ4v) is 1.42. The van der Waals surface area contributed by atoms with Gasteiger partial charge in [0, 0.05) is 33.1 Å². The summed E-state index contributed by atoms with van der Waals surface area (Å²) in [6.45, 7) is 7.65. The standard InChI is InChI=1S/C13H13N.2C3H8O/c1-10-2-4-11(5-3-10)12-6-8-13(14)9-7-12;2*1-3-4-2/h2-9H,14H2,1H3;2*3H2,1-2H3. The lowest BCUT2D eigenvalue weighted by Crippen LogP contribution is -1.83. The van der Waals surface area contributed by atoms with Gasteiger partial charge in [-0.1, -0.05) is 42.0 Å². The topological polar surface area (TPSA) is 44.5 Å². The number of anilines is 1. The first kappa shape index (κ1) is 20.2. The van der Waals surface area contributed by atoms with E-state index in [1.54, 1.807) is 14.2 Å². The highest BCUT2D eigenvalue weighted by molar-refractivity contribution is 5.65. The number of methoxy groups -OCH3 is 2. The van der Waals surface area contributed by atoms with Crippen LogP contribution >= 0.6 is 0 Å². The third-order valence-corrected chi connectivity index (χ3v) is 2.87. The van der Waals surface area contributed by atoms with Crippen LogP contribution in [-0.2, 0) is 9.47 Å². The predicted octanol–water partition coefficient (Wildman–Crippen LogP) is 4.55. The lowest BCUT2D eigenvalue weighted by atomic mass is 10.0. The molecule has 0 unspecified atom stereocenters. The van der Waals surface area contributed by atoms with Crippen molar-refractivity contribution >= 4 is 5.69 Å². The van der Waals surface area contributed by atoms with Crippen molar-refractivity contribution in [3.8, 4) is 11.1 Å². The van der Waals surface area contributed by atoms with Crippen LogP contribution in [0.25, 0.3) is 11.1 Å². The number of aryl methyl sites for hydroxylation is 1. The fraction of sp³-hybridized carbons (Fsp3) is 0.368. The minimum absolute atomic E-state index is 0.806. The van der Waals surface area contributed by atoms with E-state index in [1.165, 1.54) is 16.7 Å². The fourth-order valence-electron chi connectivity index (χ4n) is 1.42. The highest BCUT2D eigenvalue weighted by Gasteiger charge is 1.95. The summed E-state index contributed by atoms with van der Waals surface area (Å²) < 4.78 is 9.08. The summed E-state index contributed by atoms with van der Waals surface area (Å²) in [5.74, 6) is 0. The van der Waals surface area contributed by atoms with Gasteiger partial charge >= 0.3 is 0 Å². The zero-order chi connectivity index (χ0) is 16.8. The van der Waals surface area contributed by atoms with Crippen molar-refractivity contribution in [2.24, 2.45) is 0 Å². The van der Waals surface area contributed by atoms with Crippen molar-refractivity contribution in [2.75, 3.05) is 33.2 Å². The molecular weight excluding hydrogens is 274 g/mol. The number of hydrogen-bond donors (Lipinski definition) is 1. The van der Waals surface area contributed by atoms with Crippen molar-refractivity contribution in [1.29, 1.82) is 0 Å². The molecule has 0 aliphatic heterocycles. The third-order valence-electron chi connectivity index (χ3n) is 2.87. The largest absolute Gasteiger partial charge is 0.399 e. The van der Waals surface area contributed by atoms with Gasteiger partial charge in [-0.15, -0.1) is 0 Å². The van der Waals surface area contributed by atoms with Crippen LogP contribution < -0.4 is 5.73 Å². The Morgan fingerprint density at radius 2 is 1.05 bits per heavy atom. The molecule has 0 aliphatic rings. The van der Waals surface area contributed by atoms with E-state index in [9.17, 15) is 0 Å². The second-order valence-corrected chi connectivity index (χ2v) is 4.64. The van der Waals surface area contributed by atoms with Gasteiger partial charge < -0.3 is 15.2 Å². The van der Waals surface area contributed by atoms with Gasteiger partial charge in [-0.05, 0) is 44.0 Å². The molecule has 3 nitrogen and oxygen atoms in total. The molecule has 122 valence electrons. The smallest absolute Gasteiger partial charge is 0.0433 e. The van der Waals surface area contributed by atoms with E-state index in [0.29, 0.717) is 0 Å². The quantitative estimate of drug-likeness (QED) is 0.846. The van der Waals surface area contributed by atoms with Gasteiger partial charge in [-0.2, -0.15) is 0 Å². The van der Waals surface area contributed by atoms with Crippen molar-refractivity contribution in [2.45, 2.75) is 20.8 Å². The van der Waals surface area contributed by atoms with Gasteiger partial charge in [0.2, 0.25) is 0 Å². The molecule has 0 bridgehead atoms. The van der Waals surface area contributed by atoms with Crippen molar-refractivity contribution < 1.29 is 9.47 Å². The Morgan fingerprint density at radius 1 is 0.727 bits per heavy atom. The summed E-state index contributed by atoms with van der Waals surface area (Å²) in [4.78, 5) is 0. The molecule has 0 saturated heterocycles. The van der Waals surface area contributed by atoms with Crippen LogP contribution in [0.15, 0.2) is 48.5 Å². The maximum absolute atomic E-state index is 5.63. The van der Waals surface area contributed by atoms with Crippen molar-refractivity contribution in [3.05, 3.63) is 54.1 Å². The van der Waals surface area contributed by atoms with Crippen LogP contribution in [0.3, 0.4) is 0 Å². The highest BCUT2D eigenvalue weighted by Crippen LogP contribution is 2.20. The Morgan fingerprint density at radius 3 is 1.36 bits per heavy atom. The Labute approximate surface area is 135 Å². The molecule has 2 aromatic carbocycles. The highest BCUT2D eigenvalue weighted by atomic mass is 16.5. The number of nitrogens with two attached hydrogens (primary N) is 1. The molecule has 0 fully saturated rings. The van der Waals surface area contributed by atoms with E-state index in [1.807, 2.05) is 38.1 Å². The number of ether oxygens (including phenoxy) is 2. The minimum Gasteiger partial charge on any atom is -0.399 e. The number of benzene rings is 2. The van der Waals surface area contributed by atoms with Crippen molar-refractivity contribution in [1.82, 2.24) is 0 Å². The zero-order valence-electron chi connectivity index (χ0n) is 14.4. The van der Waals surface area contributed by atoms with E-state index in [0.717, 1.165) is 18.9 Å². The molecule has 0 aromatic heterocycles. The van der Waals surface area contributed by atoms with Crippen LogP contribution in [0, 0.1) is 6.92 Å². The van der Waals surface area contributed by atoms with E-state index in [-0.39, 0.29) is 0 Å². The lowest BCUT2D eigenvalue weighted by molar-refractivity contribution is 0.215. The minimum atomic E-state index is 0.806. The maximum atomic E-state index is 5.63. The third kappa shape index (κ3) is 9.16. The molecule has 2 rings (SSSR count). The normalized spacial score (nSPS) is 9.14. The molecule has 0 spiro atoms.